The van der Waals surface area contributed by atoms with Gasteiger partial charge in [0.1, 0.15) is 5.41 Å². The number of amides is 1. The molecule has 1 aliphatic heterocycles. The Morgan fingerprint density at radius 1 is 1.42 bits per heavy atom. The lowest BCUT2D eigenvalue weighted by molar-refractivity contribution is -0.130. The second kappa shape index (κ2) is 6.91. The number of hydrogen-bond acceptors (Lipinski definition) is 3. The Labute approximate surface area is 116 Å². The standard InChI is InChI=1S/C15H26N2O2/c1-4-7-15(11-16,8-5-2)13(18)17-12-14(3)9-6-10-19-14/h4-10,12H2,1-3H3,(H,17,18). The third kappa shape index (κ3) is 3.94. The zero-order valence-corrected chi connectivity index (χ0v) is 12.4. The van der Waals surface area contributed by atoms with Gasteiger partial charge in [-0.2, -0.15) is 5.26 Å². The number of rotatable bonds is 7. The molecule has 1 fully saturated rings. The van der Waals surface area contributed by atoms with Crippen LogP contribution in [0.15, 0.2) is 0 Å². The van der Waals surface area contributed by atoms with Crippen LogP contribution in [0.1, 0.15) is 59.3 Å². The van der Waals surface area contributed by atoms with E-state index in [1.54, 1.807) is 0 Å². The molecule has 1 atom stereocenters. The van der Waals surface area contributed by atoms with E-state index in [-0.39, 0.29) is 11.5 Å². The summed E-state index contributed by atoms with van der Waals surface area (Å²) in [5.41, 5.74) is -1.12. The van der Waals surface area contributed by atoms with Crippen LogP contribution in [0.4, 0.5) is 0 Å². The molecular weight excluding hydrogens is 240 g/mol. The molecule has 1 unspecified atom stereocenters. The second-order valence-corrected chi connectivity index (χ2v) is 5.78. The molecule has 0 spiro atoms. The summed E-state index contributed by atoms with van der Waals surface area (Å²) < 4.78 is 5.66. The summed E-state index contributed by atoms with van der Waals surface area (Å²) >= 11 is 0. The van der Waals surface area contributed by atoms with Crippen molar-refractivity contribution in [2.24, 2.45) is 5.41 Å². The van der Waals surface area contributed by atoms with Gasteiger partial charge < -0.3 is 10.1 Å². The maximum atomic E-state index is 12.4. The average molecular weight is 266 g/mol. The van der Waals surface area contributed by atoms with E-state index in [2.05, 4.69) is 11.4 Å². The minimum atomic E-state index is -0.863. The van der Waals surface area contributed by atoms with Crippen molar-refractivity contribution in [3.05, 3.63) is 0 Å². The maximum absolute atomic E-state index is 12.4. The highest BCUT2D eigenvalue weighted by Gasteiger charge is 2.38. The van der Waals surface area contributed by atoms with Gasteiger partial charge in [0.05, 0.1) is 11.7 Å². The van der Waals surface area contributed by atoms with Crippen molar-refractivity contribution in [3.8, 4) is 6.07 Å². The second-order valence-electron chi connectivity index (χ2n) is 5.78. The highest BCUT2D eigenvalue weighted by atomic mass is 16.5. The molecule has 0 bridgehead atoms. The predicted octanol–water partition coefficient (Wildman–Crippen LogP) is 2.78. The van der Waals surface area contributed by atoms with Crippen LogP contribution in [0.2, 0.25) is 0 Å². The molecule has 108 valence electrons. The van der Waals surface area contributed by atoms with E-state index in [9.17, 15) is 10.1 Å². The molecule has 1 N–H and O–H groups in total. The molecule has 0 radical (unpaired) electrons. The summed E-state index contributed by atoms with van der Waals surface area (Å²) in [6.07, 6.45) is 4.94. The molecule has 0 aromatic carbocycles. The fraction of sp³-hybridized carbons (Fsp3) is 0.867. The number of hydrogen-bond donors (Lipinski definition) is 1. The Balaban J connectivity index is 2.64. The van der Waals surface area contributed by atoms with Gasteiger partial charge in [-0.1, -0.05) is 26.7 Å². The van der Waals surface area contributed by atoms with Crippen molar-refractivity contribution in [3.63, 3.8) is 0 Å². The van der Waals surface area contributed by atoms with Crippen LogP contribution in [0.3, 0.4) is 0 Å². The van der Waals surface area contributed by atoms with Crippen molar-refractivity contribution in [2.45, 2.75) is 64.9 Å². The predicted molar refractivity (Wildman–Crippen MR) is 74.5 cm³/mol. The fourth-order valence-corrected chi connectivity index (χ4v) is 2.78. The Morgan fingerprint density at radius 3 is 2.47 bits per heavy atom. The molecule has 0 aromatic heterocycles. The van der Waals surface area contributed by atoms with Crippen LogP contribution >= 0.6 is 0 Å². The Kier molecular flexibility index (Phi) is 5.81. The number of ether oxygens (including phenoxy) is 1. The molecule has 19 heavy (non-hydrogen) atoms. The van der Waals surface area contributed by atoms with Gasteiger partial charge in [0.15, 0.2) is 0 Å². The molecule has 4 heteroatoms. The Morgan fingerprint density at radius 2 is 2.05 bits per heavy atom. The van der Waals surface area contributed by atoms with Gasteiger partial charge in [-0.3, -0.25) is 4.79 Å². The van der Waals surface area contributed by atoms with Crippen LogP contribution in [-0.4, -0.2) is 24.7 Å². The highest BCUT2D eigenvalue weighted by Crippen LogP contribution is 2.30. The highest BCUT2D eigenvalue weighted by molar-refractivity contribution is 5.85. The largest absolute Gasteiger partial charge is 0.373 e. The lowest BCUT2D eigenvalue weighted by atomic mass is 9.79. The maximum Gasteiger partial charge on any atom is 0.240 e. The minimum absolute atomic E-state index is 0.129. The number of nitrogens with one attached hydrogen (secondary N) is 1. The van der Waals surface area contributed by atoms with Crippen LogP contribution < -0.4 is 5.32 Å². The topological polar surface area (TPSA) is 62.1 Å². The van der Waals surface area contributed by atoms with Crippen molar-refractivity contribution >= 4 is 5.91 Å². The lowest BCUT2D eigenvalue weighted by Crippen LogP contribution is -2.46. The number of nitriles is 1. The summed E-state index contributed by atoms with van der Waals surface area (Å²) in [6.45, 7) is 7.31. The first-order valence-electron chi connectivity index (χ1n) is 7.35. The Hall–Kier alpha value is -1.08. The molecule has 1 amide bonds. The zero-order valence-electron chi connectivity index (χ0n) is 12.4. The molecule has 0 aliphatic carbocycles. The van der Waals surface area contributed by atoms with Gasteiger partial charge >= 0.3 is 0 Å². The number of carbonyl (C=O) groups is 1. The quantitative estimate of drug-likeness (QED) is 0.770. The van der Waals surface area contributed by atoms with E-state index in [0.29, 0.717) is 19.4 Å². The monoisotopic (exact) mass is 266 g/mol. The first-order chi connectivity index (χ1) is 9.02. The first-order valence-corrected chi connectivity index (χ1v) is 7.35. The average Bonchev–Trinajstić information content (AvgIpc) is 2.83. The molecule has 0 saturated carbocycles. The first kappa shape index (κ1) is 16.0. The summed E-state index contributed by atoms with van der Waals surface area (Å²) in [7, 11) is 0. The smallest absolute Gasteiger partial charge is 0.240 e. The van der Waals surface area contributed by atoms with Crippen LogP contribution in [0.5, 0.6) is 0 Å². The molecule has 4 nitrogen and oxygen atoms in total. The van der Waals surface area contributed by atoms with E-state index < -0.39 is 5.41 Å². The molecule has 1 saturated heterocycles. The molecular formula is C15H26N2O2. The third-order valence-corrected chi connectivity index (χ3v) is 3.93. The van der Waals surface area contributed by atoms with Gasteiger partial charge in [0.2, 0.25) is 5.91 Å². The summed E-state index contributed by atoms with van der Waals surface area (Å²) in [5, 5.41) is 12.4. The van der Waals surface area contributed by atoms with Crippen molar-refractivity contribution in [2.75, 3.05) is 13.2 Å². The fourth-order valence-electron chi connectivity index (χ4n) is 2.78. The van der Waals surface area contributed by atoms with Crippen LogP contribution in [0.25, 0.3) is 0 Å². The van der Waals surface area contributed by atoms with Gasteiger partial charge in [-0.15, -0.1) is 0 Å². The summed E-state index contributed by atoms with van der Waals surface area (Å²) in [6, 6.07) is 2.25. The number of nitrogens with zero attached hydrogens (tertiary/aromatic N) is 1. The van der Waals surface area contributed by atoms with E-state index >= 15 is 0 Å². The Bertz CT molecular complexity index is 335. The molecule has 1 heterocycles. The van der Waals surface area contributed by atoms with Gasteiger partial charge in [0.25, 0.3) is 0 Å². The van der Waals surface area contributed by atoms with E-state index in [1.165, 1.54) is 0 Å². The van der Waals surface area contributed by atoms with E-state index in [1.807, 2.05) is 20.8 Å². The van der Waals surface area contributed by atoms with Crippen LogP contribution in [-0.2, 0) is 9.53 Å². The van der Waals surface area contributed by atoms with E-state index in [0.717, 1.165) is 32.3 Å². The van der Waals surface area contributed by atoms with Gasteiger partial charge in [-0.05, 0) is 32.6 Å². The molecule has 1 rings (SSSR count). The molecule has 1 aliphatic rings. The minimum Gasteiger partial charge on any atom is -0.373 e. The van der Waals surface area contributed by atoms with Crippen molar-refractivity contribution in [1.29, 1.82) is 5.26 Å². The summed E-state index contributed by atoms with van der Waals surface area (Å²) in [5.74, 6) is -0.129. The summed E-state index contributed by atoms with van der Waals surface area (Å²) in [4.78, 5) is 12.4. The molecule has 0 aromatic rings. The van der Waals surface area contributed by atoms with Gasteiger partial charge in [-0.25, -0.2) is 0 Å². The van der Waals surface area contributed by atoms with Crippen molar-refractivity contribution in [1.82, 2.24) is 5.32 Å². The normalized spacial score (nSPS) is 23.1. The third-order valence-electron chi connectivity index (χ3n) is 3.93. The SMILES string of the molecule is CCCC(C#N)(CCC)C(=O)NCC1(C)CCCO1. The van der Waals surface area contributed by atoms with Gasteiger partial charge in [0, 0.05) is 13.2 Å². The van der Waals surface area contributed by atoms with Crippen LogP contribution in [0, 0.1) is 16.7 Å². The van der Waals surface area contributed by atoms with Crippen molar-refractivity contribution < 1.29 is 9.53 Å². The number of carbonyl (C=O) groups excluding carboxylic acids is 1. The van der Waals surface area contributed by atoms with E-state index in [4.69, 9.17) is 4.74 Å². The zero-order chi connectivity index (χ0) is 14.4. The lowest BCUT2D eigenvalue weighted by Gasteiger charge is -2.28.